The van der Waals surface area contributed by atoms with Crippen molar-refractivity contribution in [1.29, 1.82) is 0 Å². The highest BCUT2D eigenvalue weighted by Crippen LogP contribution is 2.15. The van der Waals surface area contributed by atoms with Crippen molar-refractivity contribution in [1.82, 2.24) is 15.2 Å². The number of rotatable bonds is 17. The molecular weight excluding hydrogens is 464 g/mol. The molecule has 200 valence electrons. The third kappa shape index (κ3) is 12.7. The molecule has 1 N–H and O–H groups in total. The van der Waals surface area contributed by atoms with E-state index in [2.05, 4.69) is 33.9 Å². The van der Waals surface area contributed by atoms with Crippen LogP contribution in [0.4, 0.5) is 5.82 Å². The maximum Gasteiger partial charge on any atom is 0.264 e. The van der Waals surface area contributed by atoms with E-state index in [1.807, 2.05) is 12.1 Å². The van der Waals surface area contributed by atoms with Crippen LogP contribution in [0.25, 0.3) is 0 Å². The molecule has 1 fully saturated rings. The third-order valence-electron chi connectivity index (χ3n) is 6.53. The summed E-state index contributed by atoms with van der Waals surface area (Å²) in [5.41, 5.74) is 0.623. The van der Waals surface area contributed by atoms with Crippen LogP contribution in [-0.2, 0) is 14.3 Å². The molecule has 0 spiro atoms. The Morgan fingerprint density at radius 1 is 0.943 bits per heavy atom. The maximum absolute atomic E-state index is 12.4. The van der Waals surface area contributed by atoms with Crippen LogP contribution in [0.5, 0.6) is 0 Å². The van der Waals surface area contributed by atoms with Crippen LogP contribution in [0, 0.1) is 0 Å². The number of aromatic nitrogens is 1. The maximum atomic E-state index is 12.4. The fourth-order valence-electron chi connectivity index (χ4n) is 4.33. The standard InChI is InChI=1S/C26H46N4O4S/c1-23(2)29-17-19-30(20-18-29)25-15-14-24(22-28-25)26(31)27-16-12-10-8-6-4-5-7-9-11-13-21-34-35(3,32)33/h14-15,22-23H,4-13,16-21H2,1-3H3,(H,27,31). The molecule has 1 aliphatic rings. The van der Waals surface area contributed by atoms with Crippen LogP contribution in [0.2, 0.25) is 0 Å². The fraction of sp³-hybridized carbons (Fsp3) is 0.769. The molecule has 0 atom stereocenters. The lowest BCUT2D eigenvalue weighted by molar-refractivity contribution is 0.0952. The van der Waals surface area contributed by atoms with E-state index in [-0.39, 0.29) is 5.91 Å². The number of carbonyl (C=O) groups is 1. The number of amides is 1. The summed E-state index contributed by atoms with van der Waals surface area (Å²) in [6.07, 6.45) is 13.9. The van der Waals surface area contributed by atoms with Gasteiger partial charge in [0.1, 0.15) is 5.82 Å². The van der Waals surface area contributed by atoms with E-state index in [1.165, 1.54) is 32.1 Å². The second-order valence-corrected chi connectivity index (χ2v) is 11.5. The molecule has 0 bridgehead atoms. The molecule has 2 heterocycles. The number of pyridine rings is 1. The average molecular weight is 511 g/mol. The predicted molar refractivity (Wildman–Crippen MR) is 142 cm³/mol. The van der Waals surface area contributed by atoms with Crippen molar-refractivity contribution >= 4 is 21.8 Å². The van der Waals surface area contributed by atoms with Gasteiger partial charge in [0.25, 0.3) is 16.0 Å². The SMILES string of the molecule is CC(C)N1CCN(c2ccc(C(=O)NCCCCCCCCCCCCOS(C)(=O)=O)cn2)CC1. The quantitative estimate of drug-likeness (QED) is 0.248. The molecule has 1 aromatic rings. The highest BCUT2D eigenvalue weighted by atomic mass is 32.2. The van der Waals surface area contributed by atoms with Gasteiger partial charge in [-0.15, -0.1) is 0 Å². The number of anilines is 1. The molecule has 9 heteroatoms. The summed E-state index contributed by atoms with van der Waals surface area (Å²) in [4.78, 5) is 21.7. The Bertz CT molecular complexity index is 822. The fourth-order valence-corrected chi connectivity index (χ4v) is 4.75. The minimum Gasteiger partial charge on any atom is -0.354 e. The van der Waals surface area contributed by atoms with E-state index in [1.54, 1.807) is 6.20 Å². The second-order valence-electron chi connectivity index (χ2n) is 9.84. The largest absolute Gasteiger partial charge is 0.354 e. The van der Waals surface area contributed by atoms with Gasteiger partial charge in [0.2, 0.25) is 0 Å². The van der Waals surface area contributed by atoms with Crippen molar-refractivity contribution in [2.24, 2.45) is 0 Å². The lowest BCUT2D eigenvalue weighted by Gasteiger charge is -2.37. The summed E-state index contributed by atoms with van der Waals surface area (Å²) >= 11 is 0. The predicted octanol–water partition coefficient (Wildman–Crippen LogP) is 4.22. The van der Waals surface area contributed by atoms with Gasteiger partial charge < -0.3 is 10.2 Å². The van der Waals surface area contributed by atoms with Gasteiger partial charge in [-0.3, -0.25) is 13.9 Å². The molecule has 1 aromatic heterocycles. The van der Waals surface area contributed by atoms with Crippen LogP contribution in [-0.4, -0.2) is 75.8 Å². The van der Waals surface area contributed by atoms with Crippen molar-refractivity contribution in [2.45, 2.75) is 84.1 Å². The first-order chi connectivity index (χ1) is 16.8. The molecular formula is C26H46N4O4S. The van der Waals surface area contributed by atoms with Gasteiger partial charge in [0, 0.05) is 45.0 Å². The van der Waals surface area contributed by atoms with Crippen LogP contribution < -0.4 is 10.2 Å². The lowest BCUT2D eigenvalue weighted by Crippen LogP contribution is -2.49. The Balaban J connectivity index is 1.45. The molecule has 1 amide bonds. The second kappa shape index (κ2) is 16.1. The van der Waals surface area contributed by atoms with Gasteiger partial charge in [0.15, 0.2) is 0 Å². The molecule has 0 aliphatic carbocycles. The number of carbonyl (C=O) groups excluding carboxylic acids is 1. The zero-order valence-electron chi connectivity index (χ0n) is 22.0. The van der Waals surface area contributed by atoms with E-state index >= 15 is 0 Å². The van der Waals surface area contributed by atoms with Gasteiger partial charge >= 0.3 is 0 Å². The van der Waals surface area contributed by atoms with Crippen molar-refractivity contribution in [2.75, 3.05) is 50.5 Å². The summed E-state index contributed by atoms with van der Waals surface area (Å²) in [6.45, 7) is 9.51. The first-order valence-electron chi connectivity index (χ1n) is 13.3. The number of nitrogens with one attached hydrogen (secondary N) is 1. The first kappa shape index (κ1) is 29.5. The van der Waals surface area contributed by atoms with Crippen molar-refractivity contribution in [3.63, 3.8) is 0 Å². The van der Waals surface area contributed by atoms with E-state index in [4.69, 9.17) is 4.18 Å². The summed E-state index contributed by atoms with van der Waals surface area (Å²) < 4.78 is 26.5. The Kier molecular flexibility index (Phi) is 13.6. The van der Waals surface area contributed by atoms with Gasteiger partial charge in [-0.05, 0) is 38.8 Å². The molecule has 0 saturated carbocycles. The molecule has 0 aromatic carbocycles. The molecule has 0 unspecified atom stereocenters. The number of hydrogen-bond acceptors (Lipinski definition) is 7. The molecule has 8 nitrogen and oxygen atoms in total. The van der Waals surface area contributed by atoms with Crippen LogP contribution in [0.3, 0.4) is 0 Å². The Labute approximate surface area is 212 Å². The summed E-state index contributed by atoms with van der Waals surface area (Å²) in [5, 5.41) is 3.01. The van der Waals surface area contributed by atoms with Crippen LogP contribution in [0.1, 0.15) is 88.4 Å². The molecule has 1 aliphatic heterocycles. The number of piperazine rings is 1. The summed E-state index contributed by atoms with van der Waals surface area (Å²) in [7, 11) is -3.30. The number of hydrogen-bond donors (Lipinski definition) is 1. The highest BCUT2D eigenvalue weighted by molar-refractivity contribution is 7.85. The molecule has 1 saturated heterocycles. The average Bonchev–Trinajstić information content (AvgIpc) is 2.83. The number of unbranched alkanes of at least 4 members (excludes halogenated alkanes) is 9. The van der Waals surface area contributed by atoms with Crippen LogP contribution in [0.15, 0.2) is 18.3 Å². The Hall–Kier alpha value is -1.71. The summed E-state index contributed by atoms with van der Waals surface area (Å²) in [5.74, 6) is 0.904. The van der Waals surface area contributed by atoms with Gasteiger partial charge in [-0.2, -0.15) is 8.42 Å². The Morgan fingerprint density at radius 2 is 1.51 bits per heavy atom. The van der Waals surface area contributed by atoms with E-state index in [0.29, 0.717) is 24.8 Å². The lowest BCUT2D eigenvalue weighted by atomic mass is 10.1. The highest BCUT2D eigenvalue weighted by Gasteiger charge is 2.19. The molecule has 35 heavy (non-hydrogen) atoms. The third-order valence-corrected chi connectivity index (χ3v) is 7.13. The topological polar surface area (TPSA) is 91.8 Å². The van der Waals surface area contributed by atoms with E-state index in [0.717, 1.165) is 70.4 Å². The van der Waals surface area contributed by atoms with E-state index < -0.39 is 10.1 Å². The van der Waals surface area contributed by atoms with Crippen molar-refractivity contribution < 1.29 is 17.4 Å². The van der Waals surface area contributed by atoms with Crippen LogP contribution >= 0.6 is 0 Å². The molecule has 2 rings (SSSR count). The zero-order chi connectivity index (χ0) is 25.5. The van der Waals surface area contributed by atoms with Gasteiger partial charge in [-0.25, -0.2) is 4.98 Å². The molecule has 0 radical (unpaired) electrons. The minimum absolute atomic E-state index is 0.0457. The normalized spacial score (nSPS) is 15.0. The van der Waals surface area contributed by atoms with Crippen molar-refractivity contribution in [3.8, 4) is 0 Å². The monoisotopic (exact) mass is 510 g/mol. The Morgan fingerprint density at radius 3 is 2.03 bits per heavy atom. The van der Waals surface area contributed by atoms with Gasteiger partial charge in [-0.1, -0.05) is 51.4 Å². The van der Waals surface area contributed by atoms with Crippen molar-refractivity contribution in [3.05, 3.63) is 23.9 Å². The number of nitrogens with zero attached hydrogens (tertiary/aromatic N) is 3. The van der Waals surface area contributed by atoms with E-state index in [9.17, 15) is 13.2 Å². The first-order valence-corrected chi connectivity index (χ1v) is 15.2. The summed E-state index contributed by atoms with van der Waals surface area (Å²) in [6, 6.07) is 4.42. The smallest absolute Gasteiger partial charge is 0.264 e. The van der Waals surface area contributed by atoms with Gasteiger partial charge in [0.05, 0.1) is 18.4 Å². The minimum atomic E-state index is -3.30. The zero-order valence-corrected chi connectivity index (χ0v) is 22.8.